The van der Waals surface area contributed by atoms with E-state index in [-0.39, 0.29) is 0 Å². The first-order chi connectivity index (χ1) is 9.54. The van der Waals surface area contributed by atoms with Crippen LogP contribution in [0.15, 0.2) is 29.4 Å². The number of carboxylic acids is 2. The molecular weight excluding hydrogens is 280 g/mol. The molecule has 0 aliphatic heterocycles. The first-order valence-corrected chi connectivity index (χ1v) is 7.09. The summed E-state index contributed by atoms with van der Waals surface area (Å²) in [6.45, 7) is 1.92. The quantitative estimate of drug-likeness (QED) is 0.544. The molecular formula is C13H13N2O4S-. The number of nitrogens with zero attached hydrogens (tertiary/aromatic N) is 1. The summed E-state index contributed by atoms with van der Waals surface area (Å²) in [4.78, 5) is 25.2. The normalized spacial score (nSPS) is 12.4. The molecule has 6 nitrogen and oxygen atoms in total. The van der Waals surface area contributed by atoms with Crippen molar-refractivity contribution in [3.05, 3.63) is 24.3 Å². The molecule has 0 fully saturated rings. The molecule has 0 bridgehead atoms. The van der Waals surface area contributed by atoms with Gasteiger partial charge in [0.05, 0.1) is 5.97 Å². The molecule has 0 spiro atoms. The smallest absolute Gasteiger partial charge is 0.317 e. The van der Waals surface area contributed by atoms with Crippen molar-refractivity contribution in [2.24, 2.45) is 0 Å². The van der Waals surface area contributed by atoms with E-state index in [0.29, 0.717) is 10.7 Å². The summed E-state index contributed by atoms with van der Waals surface area (Å²) < 4.78 is 1.45. The van der Waals surface area contributed by atoms with Crippen molar-refractivity contribution in [1.29, 1.82) is 0 Å². The summed E-state index contributed by atoms with van der Waals surface area (Å²) in [5.41, 5.74) is 1.37. The molecule has 0 saturated heterocycles. The SMILES string of the molecule is CCSc1[nH]c2ccccc2[n+]1C(CC(=O)[O-])C(=O)[O-]. The number of aliphatic carboxylic acids is 2. The molecule has 1 aromatic heterocycles. The number of rotatable bonds is 6. The Hall–Kier alpha value is -2.02. The van der Waals surface area contributed by atoms with Crippen LogP contribution in [-0.2, 0) is 9.59 Å². The second-order valence-corrected chi connectivity index (χ2v) is 5.41. The maximum Gasteiger partial charge on any atom is 0.317 e. The summed E-state index contributed by atoms with van der Waals surface area (Å²) >= 11 is 1.40. The predicted molar refractivity (Wildman–Crippen MR) is 68.6 cm³/mol. The lowest BCUT2D eigenvalue weighted by molar-refractivity contribution is -0.726. The molecule has 0 aliphatic carbocycles. The monoisotopic (exact) mass is 293 g/mol. The van der Waals surface area contributed by atoms with Crippen LogP contribution in [0.1, 0.15) is 19.4 Å². The van der Waals surface area contributed by atoms with E-state index >= 15 is 0 Å². The van der Waals surface area contributed by atoms with E-state index in [4.69, 9.17) is 0 Å². The highest BCUT2D eigenvalue weighted by Gasteiger charge is 2.27. The molecule has 1 atom stereocenters. The highest BCUT2D eigenvalue weighted by molar-refractivity contribution is 7.99. The Labute approximate surface area is 119 Å². The number of fused-ring (bicyclic) bond motifs is 1. The van der Waals surface area contributed by atoms with Gasteiger partial charge in [-0.2, -0.15) is 0 Å². The number of aromatic amines is 1. The van der Waals surface area contributed by atoms with Crippen LogP contribution < -0.4 is 14.8 Å². The summed E-state index contributed by atoms with van der Waals surface area (Å²) in [6, 6.07) is 5.81. The first-order valence-electron chi connectivity index (χ1n) is 6.10. The molecule has 2 rings (SSSR count). The van der Waals surface area contributed by atoms with Gasteiger partial charge in [-0.25, -0.2) is 9.55 Å². The fourth-order valence-corrected chi connectivity index (χ4v) is 2.88. The maximum atomic E-state index is 11.3. The lowest BCUT2D eigenvalue weighted by Crippen LogP contribution is -2.52. The number of H-pyrrole nitrogens is 1. The topological polar surface area (TPSA) is 99.9 Å². The molecule has 7 heteroatoms. The summed E-state index contributed by atoms with van der Waals surface area (Å²) in [5, 5.41) is 22.7. The minimum atomic E-state index is -1.44. The van der Waals surface area contributed by atoms with Gasteiger partial charge >= 0.3 is 5.16 Å². The van der Waals surface area contributed by atoms with Crippen LogP contribution in [0.3, 0.4) is 0 Å². The van der Waals surface area contributed by atoms with Crippen molar-refractivity contribution in [3.63, 3.8) is 0 Å². The molecule has 1 N–H and O–H groups in total. The third-order valence-corrected chi connectivity index (χ3v) is 3.71. The molecule has 1 aromatic carbocycles. The zero-order valence-corrected chi connectivity index (χ0v) is 11.6. The number of hydrogen-bond acceptors (Lipinski definition) is 5. The van der Waals surface area contributed by atoms with E-state index in [2.05, 4.69) is 4.98 Å². The summed E-state index contributed by atoms with van der Waals surface area (Å²) in [7, 11) is 0. The Morgan fingerprint density at radius 1 is 1.35 bits per heavy atom. The summed E-state index contributed by atoms with van der Waals surface area (Å²) in [6.07, 6.45) is -0.633. The van der Waals surface area contributed by atoms with Crippen molar-refractivity contribution >= 4 is 34.7 Å². The van der Waals surface area contributed by atoms with Gasteiger partial charge in [0, 0.05) is 18.1 Å². The number of aromatic nitrogens is 2. The number of carboxylic acid groups (broad SMARTS) is 2. The number of imidazole rings is 1. The largest absolute Gasteiger partial charge is 0.550 e. The third-order valence-electron chi connectivity index (χ3n) is 2.85. The molecule has 1 unspecified atom stereocenters. The average molecular weight is 293 g/mol. The Morgan fingerprint density at radius 2 is 2.05 bits per heavy atom. The highest BCUT2D eigenvalue weighted by Crippen LogP contribution is 2.20. The van der Waals surface area contributed by atoms with E-state index in [9.17, 15) is 19.8 Å². The molecule has 20 heavy (non-hydrogen) atoms. The van der Waals surface area contributed by atoms with Gasteiger partial charge < -0.3 is 19.8 Å². The van der Waals surface area contributed by atoms with Crippen LogP contribution in [0, 0.1) is 0 Å². The zero-order chi connectivity index (χ0) is 14.7. The number of para-hydroxylation sites is 2. The Balaban J connectivity index is 2.61. The van der Waals surface area contributed by atoms with Gasteiger partial charge in [-0.1, -0.05) is 19.1 Å². The van der Waals surface area contributed by atoms with E-state index in [1.807, 2.05) is 13.0 Å². The molecule has 0 saturated carbocycles. The van der Waals surface area contributed by atoms with Gasteiger partial charge in [-0.3, -0.25) is 0 Å². The van der Waals surface area contributed by atoms with Crippen LogP contribution in [0.2, 0.25) is 0 Å². The lowest BCUT2D eigenvalue weighted by atomic mass is 10.2. The van der Waals surface area contributed by atoms with Crippen molar-refractivity contribution in [2.45, 2.75) is 24.5 Å². The number of thioether (sulfide) groups is 1. The van der Waals surface area contributed by atoms with Gasteiger partial charge in [0.2, 0.25) is 0 Å². The van der Waals surface area contributed by atoms with Crippen molar-refractivity contribution < 1.29 is 24.4 Å². The number of hydrogen-bond donors (Lipinski definition) is 1. The minimum Gasteiger partial charge on any atom is -0.550 e. The van der Waals surface area contributed by atoms with Crippen LogP contribution in [0.5, 0.6) is 0 Å². The van der Waals surface area contributed by atoms with Gasteiger partial charge in [0.1, 0.15) is 6.04 Å². The van der Waals surface area contributed by atoms with Crippen molar-refractivity contribution in [3.8, 4) is 0 Å². The highest BCUT2D eigenvalue weighted by atomic mass is 32.2. The molecule has 0 radical (unpaired) electrons. The average Bonchev–Trinajstić information content (AvgIpc) is 2.74. The maximum absolute atomic E-state index is 11.3. The Kier molecular flexibility index (Phi) is 4.29. The number of benzene rings is 1. The number of nitrogens with one attached hydrogen (secondary N) is 1. The second kappa shape index (κ2) is 5.96. The molecule has 2 aromatic rings. The predicted octanol–water partition coefficient (Wildman–Crippen LogP) is -1.00. The summed E-state index contributed by atoms with van der Waals surface area (Å²) in [5.74, 6) is -2.15. The lowest BCUT2D eigenvalue weighted by Gasteiger charge is -2.17. The zero-order valence-electron chi connectivity index (χ0n) is 10.8. The fourth-order valence-electron chi connectivity index (χ4n) is 2.06. The first kappa shape index (κ1) is 14.4. The van der Waals surface area contributed by atoms with Crippen molar-refractivity contribution in [1.82, 2.24) is 4.98 Å². The van der Waals surface area contributed by atoms with Crippen LogP contribution >= 0.6 is 11.8 Å². The van der Waals surface area contributed by atoms with Crippen LogP contribution in [-0.4, -0.2) is 22.7 Å². The third kappa shape index (κ3) is 2.77. The van der Waals surface area contributed by atoms with E-state index in [1.165, 1.54) is 16.3 Å². The van der Waals surface area contributed by atoms with E-state index < -0.39 is 24.4 Å². The van der Waals surface area contributed by atoms with Crippen LogP contribution in [0.4, 0.5) is 0 Å². The molecule has 106 valence electrons. The van der Waals surface area contributed by atoms with Crippen LogP contribution in [0.25, 0.3) is 11.0 Å². The van der Waals surface area contributed by atoms with Gasteiger partial charge in [-0.05, 0) is 23.9 Å². The molecule has 1 heterocycles. The minimum absolute atomic E-state index is 0.587. The van der Waals surface area contributed by atoms with Crippen molar-refractivity contribution in [2.75, 3.05) is 5.75 Å². The number of carbonyl (C=O) groups is 2. The van der Waals surface area contributed by atoms with Gasteiger partial charge in [0.15, 0.2) is 11.0 Å². The molecule has 0 amide bonds. The standard InChI is InChI=1S/C13H14N2O4S/c1-2-20-13-14-8-5-3-4-6-9(8)15(13)10(12(18)19)7-11(16)17/h3-6,10H,2,7H2,1H3,(H2,16,17,18,19)/p-1. The Morgan fingerprint density at radius 3 is 2.65 bits per heavy atom. The molecule has 0 aliphatic rings. The number of carbonyl (C=O) groups excluding carboxylic acids is 2. The van der Waals surface area contributed by atoms with E-state index in [0.717, 1.165) is 11.3 Å². The fraction of sp³-hybridized carbons (Fsp3) is 0.308. The second-order valence-electron chi connectivity index (χ2n) is 4.16. The van der Waals surface area contributed by atoms with Gasteiger partial charge in [0.25, 0.3) is 0 Å². The van der Waals surface area contributed by atoms with Gasteiger partial charge in [-0.15, -0.1) is 0 Å². The van der Waals surface area contributed by atoms with E-state index in [1.54, 1.807) is 18.2 Å². The Bertz CT molecular complexity index is 653.